The molecule has 0 saturated carbocycles. The zero-order chi connectivity index (χ0) is 23.5. The molecule has 0 aromatic heterocycles. The third-order valence-electron chi connectivity index (χ3n) is 6.16. The molecule has 0 spiro atoms. The van der Waals surface area contributed by atoms with Gasteiger partial charge in [0.1, 0.15) is 18.9 Å². The number of benzene rings is 2. The first-order chi connectivity index (χ1) is 15.8. The first-order valence-corrected chi connectivity index (χ1v) is 11.3. The zero-order valence-corrected chi connectivity index (χ0v) is 19.2. The molecule has 1 amide bonds. The normalized spacial score (nSPS) is 17.0. The number of anilines is 1. The molecule has 2 aliphatic heterocycles. The molecule has 1 N–H and O–H groups in total. The molecule has 0 aliphatic carbocycles. The van der Waals surface area contributed by atoms with Crippen molar-refractivity contribution in [3.8, 4) is 11.5 Å². The van der Waals surface area contributed by atoms with Crippen molar-refractivity contribution in [2.75, 3.05) is 51.3 Å². The van der Waals surface area contributed by atoms with Crippen molar-refractivity contribution < 1.29 is 19.2 Å². The topological polar surface area (TPSA) is 97.2 Å². The van der Waals surface area contributed by atoms with E-state index in [2.05, 4.69) is 10.2 Å². The summed E-state index contributed by atoms with van der Waals surface area (Å²) in [5.41, 5.74) is 1.67. The fourth-order valence-electron chi connectivity index (χ4n) is 4.24. The van der Waals surface area contributed by atoms with Gasteiger partial charge >= 0.3 is 0 Å². The van der Waals surface area contributed by atoms with Crippen molar-refractivity contribution in [1.82, 2.24) is 10.2 Å². The molecule has 1 atom stereocenters. The van der Waals surface area contributed by atoms with E-state index in [1.165, 1.54) is 6.07 Å². The number of carbonyl (C=O) groups excluding carboxylic acids is 1. The number of rotatable bonds is 6. The summed E-state index contributed by atoms with van der Waals surface area (Å²) < 4.78 is 11.3. The molecule has 0 radical (unpaired) electrons. The van der Waals surface area contributed by atoms with Gasteiger partial charge < -0.3 is 24.6 Å². The van der Waals surface area contributed by atoms with Crippen LogP contribution in [0.1, 0.15) is 35.8 Å². The van der Waals surface area contributed by atoms with Crippen molar-refractivity contribution in [2.24, 2.45) is 5.92 Å². The quantitative estimate of drug-likeness (QED) is 0.529. The number of hydrogen-bond donors (Lipinski definition) is 1. The van der Waals surface area contributed by atoms with Crippen molar-refractivity contribution in [1.29, 1.82) is 0 Å². The molecule has 9 heteroatoms. The van der Waals surface area contributed by atoms with E-state index in [-0.39, 0.29) is 29.1 Å². The van der Waals surface area contributed by atoms with Gasteiger partial charge in [0, 0.05) is 37.8 Å². The van der Waals surface area contributed by atoms with Gasteiger partial charge in [0.25, 0.3) is 11.6 Å². The van der Waals surface area contributed by atoms with Crippen LogP contribution in [-0.4, -0.2) is 62.2 Å². The number of amides is 1. The predicted molar refractivity (Wildman–Crippen MR) is 125 cm³/mol. The van der Waals surface area contributed by atoms with Gasteiger partial charge in [-0.15, -0.1) is 0 Å². The summed E-state index contributed by atoms with van der Waals surface area (Å²) in [7, 11) is 2.03. The Morgan fingerprint density at radius 1 is 1.03 bits per heavy atom. The van der Waals surface area contributed by atoms with Crippen molar-refractivity contribution in [3.63, 3.8) is 0 Å². The number of nitrogens with one attached hydrogen (secondary N) is 1. The molecule has 176 valence electrons. The number of ether oxygens (including phenoxy) is 2. The number of fused-ring (bicyclic) bond motifs is 1. The maximum absolute atomic E-state index is 13.1. The fraction of sp³-hybridized carbons (Fsp3) is 0.458. The number of nitrogens with zero attached hydrogens (tertiary/aromatic N) is 3. The molecule has 1 unspecified atom stereocenters. The average Bonchev–Trinajstić information content (AvgIpc) is 2.82. The Bertz CT molecular complexity index is 1030. The third kappa shape index (κ3) is 5.03. The lowest BCUT2D eigenvalue weighted by molar-refractivity contribution is -0.384. The Morgan fingerprint density at radius 2 is 1.73 bits per heavy atom. The second-order valence-electron chi connectivity index (χ2n) is 8.85. The van der Waals surface area contributed by atoms with Gasteiger partial charge in [0.15, 0.2) is 11.5 Å². The number of nitro groups is 1. The minimum Gasteiger partial charge on any atom is -0.486 e. The molecule has 1 fully saturated rings. The standard InChI is InChI=1S/C24H30N4O5/c1-16(2)23(17-5-7-21-22(15-17)33-13-12-32-21)25-24(29)18-4-6-19(20(14-18)28(30)31)27-10-8-26(3)9-11-27/h4-7,14-16,23H,8-13H2,1-3H3,(H,25,29). The van der Waals surface area contributed by atoms with Crippen LogP contribution in [0.25, 0.3) is 0 Å². The molecule has 1 saturated heterocycles. The Labute approximate surface area is 193 Å². The van der Waals surface area contributed by atoms with E-state index in [1.807, 2.05) is 44.0 Å². The van der Waals surface area contributed by atoms with Gasteiger partial charge in [0.05, 0.1) is 11.0 Å². The van der Waals surface area contributed by atoms with Crippen LogP contribution in [0.2, 0.25) is 0 Å². The van der Waals surface area contributed by atoms with Crippen LogP contribution in [0.5, 0.6) is 11.5 Å². The molecular formula is C24H30N4O5. The molecule has 4 rings (SSSR count). The molecule has 2 aliphatic rings. The summed E-state index contributed by atoms with van der Waals surface area (Å²) >= 11 is 0. The lowest BCUT2D eigenvalue weighted by Gasteiger charge is -2.33. The van der Waals surface area contributed by atoms with Crippen LogP contribution >= 0.6 is 0 Å². The number of nitro benzene ring substituents is 1. The molecule has 2 heterocycles. The molecule has 2 aromatic carbocycles. The summed E-state index contributed by atoms with van der Waals surface area (Å²) in [6.45, 7) is 8.13. The van der Waals surface area contributed by atoms with E-state index in [0.717, 1.165) is 18.7 Å². The van der Waals surface area contributed by atoms with Crippen LogP contribution in [0.15, 0.2) is 36.4 Å². The molecule has 0 bridgehead atoms. The first kappa shape index (κ1) is 22.8. The number of piperazine rings is 1. The van der Waals surface area contributed by atoms with E-state index >= 15 is 0 Å². The van der Waals surface area contributed by atoms with E-state index < -0.39 is 4.92 Å². The maximum Gasteiger partial charge on any atom is 0.293 e. The van der Waals surface area contributed by atoms with E-state index in [9.17, 15) is 14.9 Å². The predicted octanol–water partition coefficient (Wildman–Crippen LogP) is 3.24. The number of carbonyl (C=O) groups is 1. The number of hydrogen-bond acceptors (Lipinski definition) is 7. The zero-order valence-electron chi connectivity index (χ0n) is 19.2. The van der Waals surface area contributed by atoms with Crippen molar-refractivity contribution in [3.05, 3.63) is 57.6 Å². The Balaban J connectivity index is 1.56. The Morgan fingerprint density at radius 3 is 2.39 bits per heavy atom. The molecule has 9 nitrogen and oxygen atoms in total. The summed E-state index contributed by atoms with van der Waals surface area (Å²) in [6.07, 6.45) is 0. The third-order valence-corrected chi connectivity index (χ3v) is 6.16. The smallest absolute Gasteiger partial charge is 0.293 e. The summed E-state index contributed by atoms with van der Waals surface area (Å²) in [6, 6.07) is 10.1. The average molecular weight is 455 g/mol. The van der Waals surface area contributed by atoms with Crippen LogP contribution in [0.4, 0.5) is 11.4 Å². The molecule has 2 aromatic rings. The molecular weight excluding hydrogens is 424 g/mol. The van der Waals surface area contributed by atoms with E-state index in [4.69, 9.17) is 9.47 Å². The number of likely N-dealkylation sites (N-methyl/N-ethyl adjacent to an activating group) is 1. The lowest BCUT2D eigenvalue weighted by atomic mass is 9.95. The highest BCUT2D eigenvalue weighted by Crippen LogP contribution is 2.35. The highest BCUT2D eigenvalue weighted by Gasteiger charge is 2.26. The van der Waals surface area contributed by atoms with Gasteiger partial charge in [-0.05, 0) is 42.8 Å². The minimum absolute atomic E-state index is 0.0485. The van der Waals surface area contributed by atoms with Gasteiger partial charge in [0.2, 0.25) is 0 Å². The fourth-order valence-corrected chi connectivity index (χ4v) is 4.24. The molecule has 33 heavy (non-hydrogen) atoms. The van der Waals surface area contributed by atoms with Crippen molar-refractivity contribution >= 4 is 17.3 Å². The van der Waals surface area contributed by atoms with E-state index in [1.54, 1.807) is 12.1 Å². The van der Waals surface area contributed by atoms with Gasteiger partial charge in [-0.25, -0.2) is 0 Å². The van der Waals surface area contributed by atoms with Gasteiger partial charge in [-0.1, -0.05) is 19.9 Å². The van der Waals surface area contributed by atoms with Crippen LogP contribution in [0.3, 0.4) is 0 Å². The Hall–Kier alpha value is -3.33. The summed E-state index contributed by atoms with van der Waals surface area (Å²) in [5.74, 6) is 1.09. The van der Waals surface area contributed by atoms with Crippen LogP contribution < -0.4 is 19.7 Å². The first-order valence-electron chi connectivity index (χ1n) is 11.3. The Kier molecular flexibility index (Phi) is 6.69. The monoisotopic (exact) mass is 454 g/mol. The highest BCUT2D eigenvalue weighted by molar-refractivity contribution is 5.96. The minimum atomic E-state index is -0.412. The maximum atomic E-state index is 13.1. The van der Waals surface area contributed by atoms with E-state index in [0.29, 0.717) is 43.5 Å². The second-order valence-corrected chi connectivity index (χ2v) is 8.85. The van der Waals surface area contributed by atoms with Gasteiger partial charge in [-0.2, -0.15) is 0 Å². The summed E-state index contributed by atoms with van der Waals surface area (Å²) in [5, 5.41) is 14.9. The van der Waals surface area contributed by atoms with Crippen LogP contribution in [0, 0.1) is 16.0 Å². The van der Waals surface area contributed by atoms with Crippen LogP contribution in [-0.2, 0) is 0 Å². The second kappa shape index (κ2) is 9.66. The SMILES string of the molecule is CC(C)C(NC(=O)c1ccc(N2CCN(C)CC2)c([N+](=O)[O-])c1)c1ccc2c(c1)OCCO2. The van der Waals surface area contributed by atoms with Gasteiger partial charge in [-0.3, -0.25) is 14.9 Å². The van der Waals surface area contributed by atoms with Crippen molar-refractivity contribution in [2.45, 2.75) is 19.9 Å². The highest BCUT2D eigenvalue weighted by atomic mass is 16.6. The summed E-state index contributed by atoms with van der Waals surface area (Å²) in [4.78, 5) is 28.7. The lowest BCUT2D eigenvalue weighted by Crippen LogP contribution is -2.44. The largest absolute Gasteiger partial charge is 0.486 e.